The van der Waals surface area contributed by atoms with Crippen LogP contribution in [0.25, 0.3) is 11.5 Å². The summed E-state index contributed by atoms with van der Waals surface area (Å²) in [6.07, 6.45) is 0. The zero-order chi connectivity index (χ0) is 10.1. The Morgan fingerprint density at radius 3 is 2.57 bits per heavy atom. The van der Waals surface area contributed by atoms with Crippen molar-refractivity contribution >= 4 is 39.1 Å². The molecule has 0 radical (unpaired) electrons. The molecule has 0 unspecified atom stereocenters. The number of hydrogen-bond donors (Lipinski definition) is 0. The summed E-state index contributed by atoms with van der Waals surface area (Å²) in [7, 11) is 0. The van der Waals surface area contributed by atoms with Crippen LogP contribution in [0.4, 0.5) is 0 Å². The minimum atomic E-state index is 0.0195. The van der Waals surface area contributed by atoms with E-state index in [9.17, 15) is 0 Å². The van der Waals surface area contributed by atoms with Gasteiger partial charge >= 0.3 is 5.35 Å². The van der Waals surface area contributed by atoms with Crippen LogP contribution in [0.3, 0.4) is 0 Å². The molecule has 0 aliphatic carbocycles. The number of halogens is 3. The first-order chi connectivity index (χ1) is 6.66. The Bertz CT molecular complexity index is 472. The Labute approximate surface area is 98.2 Å². The highest BCUT2D eigenvalue weighted by Gasteiger charge is 2.08. The molecule has 14 heavy (non-hydrogen) atoms. The van der Waals surface area contributed by atoms with E-state index in [4.69, 9.17) is 27.6 Å². The molecule has 3 nitrogen and oxygen atoms in total. The van der Waals surface area contributed by atoms with E-state index in [2.05, 4.69) is 26.1 Å². The van der Waals surface area contributed by atoms with Gasteiger partial charge in [0.15, 0.2) is 0 Å². The SMILES string of the molecule is Clc1nnc(-c2ccc(Cl)c(Br)c2)o1. The second kappa shape index (κ2) is 3.88. The summed E-state index contributed by atoms with van der Waals surface area (Å²) >= 11 is 14.6. The van der Waals surface area contributed by atoms with Crippen molar-refractivity contribution in [1.82, 2.24) is 10.2 Å². The van der Waals surface area contributed by atoms with Crippen molar-refractivity contribution in [3.05, 3.63) is 33.0 Å². The van der Waals surface area contributed by atoms with Gasteiger partial charge in [0.25, 0.3) is 0 Å². The summed E-state index contributed by atoms with van der Waals surface area (Å²) in [5.41, 5.74) is 0.765. The van der Waals surface area contributed by atoms with Gasteiger partial charge in [0, 0.05) is 10.0 Å². The summed E-state index contributed by atoms with van der Waals surface area (Å²) in [6.45, 7) is 0. The fraction of sp³-hybridized carbons (Fsp3) is 0. The molecule has 2 rings (SSSR count). The normalized spacial score (nSPS) is 10.5. The van der Waals surface area contributed by atoms with Gasteiger partial charge in [-0.05, 0) is 45.7 Å². The summed E-state index contributed by atoms with van der Waals surface area (Å²) in [5.74, 6) is 0.368. The third-order valence-corrected chi connectivity index (χ3v) is 2.93. The van der Waals surface area contributed by atoms with Gasteiger partial charge in [-0.15, -0.1) is 5.10 Å². The quantitative estimate of drug-likeness (QED) is 0.802. The summed E-state index contributed by atoms with van der Waals surface area (Å²) in [6, 6.07) is 5.29. The van der Waals surface area contributed by atoms with Crippen LogP contribution in [-0.4, -0.2) is 10.2 Å². The van der Waals surface area contributed by atoms with Crippen LogP contribution in [0.2, 0.25) is 10.4 Å². The molecule has 0 spiro atoms. The van der Waals surface area contributed by atoms with E-state index >= 15 is 0 Å². The van der Waals surface area contributed by atoms with Gasteiger partial charge < -0.3 is 4.42 Å². The maximum atomic E-state index is 5.83. The molecule has 0 fully saturated rings. The van der Waals surface area contributed by atoms with Crippen LogP contribution in [0.1, 0.15) is 0 Å². The zero-order valence-electron chi connectivity index (χ0n) is 6.67. The lowest BCUT2D eigenvalue weighted by Crippen LogP contribution is -1.78. The van der Waals surface area contributed by atoms with Crippen molar-refractivity contribution < 1.29 is 4.42 Å². The predicted octanol–water partition coefficient (Wildman–Crippen LogP) is 3.81. The van der Waals surface area contributed by atoms with Crippen LogP contribution in [0, 0.1) is 0 Å². The first kappa shape index (κ1) is 9.96. The molecule has 72 valence electrons. The van der Waals surface area contributed by atoms with Crippen LogP contribution in [0.5, 0.6) is 0 Å². The van der Waals surface area contributed by atoms with Crippen molar-refractivity contribution in [2.24, 2.45) is 0 Å². The molecular weight excluding hydrogens is 291 g/mol. The highest BCUT2D eigenvalue weighted by molar-refractivity contribution is 9.10. The van der Waals surface area contributed by atoms with Crippen molar-refractivity contribution in [3.63, 3.8) is 0 Å². The van der Waals surface area contributed by atoms with Crippen molar-refractivity contribution in [2.45, 2.75) is 0 Å². The Morgan fingerprint density at radius 1 is 1.21 bits per heavy atom. The Balaban J connectivity index is 2.47. The van der Waals surface area contributed by atoms with Gasteiger partial charge in [-0.3, -0.25) is 0 Å². The smallest absolute Gasteiger partial charge is 0.313 e. The van der Waals surface area contributed by atoms with Crippen LogP contribution in [-0.2, 0) is 0 Å². The fourth-order valence-electron chi connectivity index (χ4n) is 0.951. The van der Waals surface area contributed by atoms with Crippen LogP contribution in [0.15, 0.2) is 27.1 Å². The van der Waals surface area contributed by atoms with Crippen LogP contribution < -0.4 is 0 Å². The molecule has 1 heterocycles. The first-order valence-corrected chi connectivity index (χ1v) is 5.16. The summed E-state index contributed by atoms with van der Waals surface area (Å²) in [5, 5.41) is 7.93. The number of nitrogens with zero attached hydrogens (tertiary/aromatic N) is 2. The molecule has 0 N–H and O–H groups in total. The molecule has 0 saturated heterocycles. The average Bonchev–Trinajstić information content (AvgIpc) is 2.57. The van der Waals surface area contributed by atoms with Gasteiger partial charge in [0.2, 0.25) is 5.89 Å². The van der Waals surface area contributed by atoms with Gasteiger partial charge in [0.1, 0.15) is 0 Å². The largest absolute Gasteiger partial charge is 0.407 e. The minimum Gasteiger partial charge on any atom is -0.407 e. The number of hydrogen-bond acceptors (Lipinski definition) is 3. The molecule has 2 aromatic rings. The topological polar surface area (TPSA) is 38.9 Å². The summed E-state index contributed by atoms with van der Waals surface area (Å²) < 4.78 is 5.81. The molecule has 0 aliphatic heterocycles. The fourth-order valence-corrected chi connectivity index (χ4v) is 1.56. The molecule has 0 bridgehead atoms. The van der Waals surface area contributed by atoms with Gasteiger partial charge in [-0.25, -0.2) is 0 Å². The number of aromatic nitrogens is 2. The third-order valence-electron chi connectivity index (χ3n) is 1.57. The van der Waals surface area contributed by atoms with E-state index in [-0.39, 0.29) is 5.35 Å². The molecule has 0 atom stereocenters. The number of rotatable bonds is 1. The maximum Gasteiger partial charge on any atom is 0.313 e. The Hall–Kier alpha value is -0.580. The monoisotopic (exact) mass is 292 g/mol. The third kappa shape index (κ3) is 1.92. The second-order valence-corrected chi connectivity index (χ2v) is 4.07. The lowest BCUT2D eigenvalue weighted by molar-refractivity contribution is 0.571. The highest BCUT2D eigenvalue weighted by Crippen LogP contribution is 2.28. The highest BCUT2D eigenvalue weighted by atomic mass is 79.9. The van der Waals surface area contributed by atoms with Gasteiger partial charge in [0.05, 0.1) is 5.02 Å². The molecule has 1 aromatic carbocycles. The van der Waals surface area contributed by atoms with E-state index < -0.39 is 0 Å². The molecule has 1 aromatic heterocycles. The lowest BCUT2D eigenvalue weighted by Gasteiger charge is -1.97. The minimum absolute atomic E-state index is 0.0195. The van der Waals surface area contributed by atoms with E-state index in [1.807, 2.05) is 0 Å². The van der Waals surface area contributed by atoms with E-state index in [1.54, 1.807) is 18.2 Å². The number of benzene rings is 1. The average molecular weight is 294 g/mol. The molecule has 6 heteroatoms. The Morgan fingerprint density at radius 2 is 2.00 bits per heavy atom. The summed E-state index contributed by atoms with van der Waals surface area (Å²) in [4.78, 5) is 0. The Kier molecular flexibility index (Phi) is 2.76. The van der Waals surface area contributed by atoms with E-state index in [0.717, 1.165) is 10.0 Å². The van der Waals surface area contributed by atoms with Gasteiger partial charge in [-0.2, -0.15) is 0 Å². The first-order valence-electron chi connectivity index (χ1n) is 3.61. The van der Waals surface area contributed by atoms with E-state index in [1.165, 1.54) is 0 Å². The standard InChI is InChI=1S/C8H3BrCl2N2O/c9-5-3-4(1-2-6(5)10)7-12-13-8(11)14-7/h1-3H. The van der Waals surface area contributed by atoms with Gasteiger partial charge in [-0.1, -0.05) is 16.7 Å². The molecular formula is C8H3BrCl2N2O. The second-order valence-electron chi connectivity index (χ2n) is 2.49. The van der Waals surface area contributed by atoms with E-state index in [0.29, 0.717) is 10.9 Å². The van der Waals surface area contributed by atoms with Crippen molar-refractivity contribution in [2.75, 3.05) is 0 Å². The molecule has 0 aliphatic rings. The lowest BCUT2D eigenvalue weighted by atomic mass is 10.2. The van der Waals surface area contributed by atoms with Crippen LogP contribution >= 0.6 is 39.1 Å². The molecule has 0 amide bonds. The maximum absolute atomic E-state index is 5.83. The van der Waals surface area contributed by atoms with Crippen molar-refractivity contribution in [1.29, 1.82) is 0 Å². The molecule has 0 saturated carbocycles. The van der Waals surface area contributed by atoms with Crippen molar-refractivity contribution in [3.8, 4) is 11.5 Å². The zero-order valence-corrected chi connectivity index (χ0v) is 9.77. The predicted molar refractivity (Wildman–Crippen MR) is 57.5 cm³/mol.